The Hall–Kier alpha value is -2.03. The monoisotopic (exact) mass is 279 g/mol. The quantitative estimate of drug-likeness (QED) is 0.788. The summed E-state index contributed by atoms with van der Waals surface area (Å²) in [5.74, 6) is -1.41. The van der Waals surface area contributed by atoms with Gasteiger partial charge in [-0.1, -0.05) is 0 Å². The van der Waals surface area contributed by atoms with Crippen LogP contribution >= 0.6 is 0 Å². The van der Waals surface area contributed by atoms with Crippen LogP contribution in [-0.4, -0.2) is 24.4 Å². The molecule has 0 unspecified atom stereocenters. The Morgan fingerprint density at radius 1 is 1.47 bits per heavy atom. The third-order valence-corrected chi connectivity index (χ3v) is 2.20. The summed E-state index contributed by atoms with van der Waals surface area (Å²) in [5, 5.41) is 0. The van der Waals surface area contributed by atoms with Gasteiger partial charge in [-0.05, 0) is 0 Å². The first-order valence-electron chi connectivity index (χ1n) is 5.07. The van der Waals surface area contributed by atoms with Crippen LogP contribution in [0.15, 0.2) is 6.20 Å². The van der Waals surface area contributed by atoms with E-state index in [2.05, 4.69) is 14.5 Å². The molecule has 0 saturated heterocycles. The minimum absolute atomic E-state index is 0.0489. The Morgan fingerprint density at radius 3 is 2.58 bits per heavy atom. The zero-order valence-corrected chi connectivity index (χ0v) is 9.95. The molecule has 0 saturated carbocycles. The van der Waals surface area contributed by atoms with Crippen molar-refractivity contribution in [2.45, 2.75) is 19.3 Å². The van der Waals surface area contributed by atoms with Crippen molar-refractivity contribution in [2.75, 3.05) is 12.8 Å². The number of carbonyl (C=O) groups excluding carboxylic acids is 1. The van der Waals surface area contributed by atoms with Gasteiger partial charge in [0.15, 0.2) is 5.75 Å². The van der Waals surface area contributed by atoms with E-state index in [0.29, 0.717) is 0 Å². The first-order valence-corrected chi connectivity index (χ1v) is 5.07. The van der Waals surface area contributed by atoms with Crippen molar-refractivity contribution in [3.05, 3.63) is 17.5 Å². The smallest absolute Gasteiger partial charge is 0.469 e. The summed E-state index contributed by atoms with van der Waals surface area (Å²) in [6, 6.07) is 0. The van der Waals surface area contributed by atoms with Crippen LogP contribution in [0.4, 0.5) is 18.9 Å². The zero-order valence-electron chi connectivity index (χ0n) is 9.95. The van der Waals surface area contributed by atoms with Gasteiger partial charge in [-0.3, -0.25) is 9.78 Å². The third-order valence-electron chi connectivity index (χ3n) is 2.20. The number of aromatic nitrogens is 1. The molecule has 0 aromatic carbocycles. The summed E-state index contributed by atoms with van der Waals surface area (Å²) >= 11 is 0. The van der Waals surface area contributed by atoms with E-state index in [1.807, 2.05) is 0 Å². The predicted molar refractivity (Wildman–Crippen MR) is 58.9 cm³/mol. The minimum atomic E-state index is -4.94. The first-order chi connectivity index (χ1) is 8.78. The number of anilines is 1. The predicted octanol–water partition coefficient (Wildman–Crippen LogP) is 0.737. The molecule has 9 heteroatoms. The Kier molecular flexibility index (Phi) is 4.54. The van der Waals surface area contributed by atoms with Gasteiger partial charge in [-0.15, -0.1) is 13.2 Å². The number of carbonyl (C=O) groups is 1. The molecule has 0 atom stereocenters. The highest BCUT2D eigenvalue weighted by Crippen LogP contribution is 2.33. The molecule has 19 heavy (non-hydrogen) atoms. The van der Waals surface area contributed by atoms with Gasteiger partial charge in [0.05, 0.1) is 24.9 Å². The summed E-state index contributed by atoms with van der Waals surface area (Å²) in [6.45, 7) is -0.154. The Balaban J connectivity index is 3.22. The highest BCUT2D eigenvalue weighted by atomic mass is 19.4. The topological polar surface area (TPSA) is 100 Å². The molecule has 0 aliphatic heterocycles. The molecule has 0 aliphatic carbocycles. The Morgan fingerprint density at radius 2 is 2.11 bits per heavy atom. The summed E-state index contributed by atoms with van der Waals surface area (Å²) < 4.78 is 45.1. The number of halogens is 3. The minimum Gasteiger partial charge on any atom is -0.469 e. The van der Waals surface area contributed by atoms with Crippen LogP contribution in [0, 0.1) is 0 Å². The van der Waals surface area contributed by atoms with Crippen molar-refractivity contribution in [1.29, 1.82) is 0 Å². The molecule has 6 nitrogen and oxygen atoms in total. The second-order valence-corrected chi connectivity index (χ2v) is 3.48. The van der Waals surface area contributed by atoms with Crippen LogP contribution < -0.4 is 16.2 Å². The molecule has 1 heterocycles. The van der Waals surface area contributed by atoms with E-state index >= 15 is 0 Å². The molecule has 0 amide bonds. The van der Waals surface area contributed by atoms with Crippen LogP contribution in [-0.2, 0) is 22.5 Å². The second-order valence-electron chi connectivity index (χ2n) is 3.48. The number of alkyl halides is 3. The van der Waals surface area contributed by atoms with Crippen LogP contribution in [0.25, 0.3) is 0 Å². The van der Waals surface area contributed by atoms with Crippen molar-refractivity contribution in [3.63, 3.8) is 0 Å². The highest BCUT2D eigenvalue weighted by molar-refractivity contribution is 5.75. The van der Waals surface area contributed by atoms with E-state index in [9.17, 15) is 18.0 Å². The second kappa shape index (κ2) is 5.74. The summed E-state index contributed by atoms with van der Waals surface area (Å²) in [4.78, 5) is 14.9. The molecule has 1 rings (SSSR count). The van der Waals surface area contributed by atoms with Crippen LogP contribution in [0.1, 0.15) is 11.3 Å². The number of methoxy groups -OCH3 is 1. The fraction of sp³-hybridized carbons (Fsp3) is 0.400. The number of nitrogen functional groups attached to an aromatic ring is 1. The van der Waals surface area contributed by atoms with Gasteiger partial charge in [0.25, 0.3) is 0 Å². The van der Waals surface area contributed by atoms with Crippen LogP contribution in [0.3, 0.4) is 0 Å². The number of nitrogens with two attached hydrogens (primary N) is 2. The third kappa shape index (κ3) is 3.98. The van der Waals surface area contributed by atoms with Gasteiger partial charge in [0.2, 0.25) is 0 Å². The largest absolute Gasteiger partial charge is 0.573 e. The average Bonchev–Trinajstić information content (AvgIpc) is 2.32. The molecule has 0 bridgehead atoms. The van der Waals surface area contributed by atoms with E-state index in [0.717, 1.165) is 13.3 Å². The molecular formula is C10H12F3N3O3. The number of hydrogen-bond donors (Lipinski definition) is 2. The molecular weight excluding hydrogens is 267 g/mol. The Bertz CT molecular complexity index is 477. The van der Waals surface area contributed by atoms with Gasteiger partial charge in [0.1, 0.15) is 0 Å². The number of hydrogen-bond acceptors (Lipinski definition) is 6. The van der Waals surface area contributed by atoms with Crippen molar-refractivity contribution < 1.29 is 27.4 Å². The first kappa shape index (κ1) is 15.0. The fourth-order valence-corrected chi connectivity index (χ4v) is 1.34. The molecule has 0 spiro atoms. The molecule has 1 aromatic heterocycles. The van der Waals surface area contributed by atoms with Crippen molar-refractivity contribution in [3.8, 4) is 5.75 Å². The lowest BCUT2D eigenvalue weighted by Crippen LogP contribution is -2.21. The maximum atomic E-state index is 12.3. The van der Waals surface area contributed by atoms with Gasteiger partial charge in [-0.2, -0.15) is 0 Å². The van der Waals surface area contributed by atoms with E-state index in [4.69, 9.17) is 11.5 Å². The van der Waals surface area contributed by atoms with Crippen LogP contribution in [0.5, 0.6) is 5.75 Å². The molecule has 0 radical (unpaired) electrons. The SMILES string of the molecule is COC(=O)Cc1cnc(CN)c(N)c1OC(F)(F)F. The van der Waals surface area contributed by atoms with Gasteiger partial charge in [0, 0.05) is 18.3 Å². The lowest BCUT2D eigenvalue weighted by Gasteiger charge is -2.16. The standard InChI is InChI=1S/C10H12F3N3O3/c1-18-7(17)2-5-4-16-6(3-14)8(15)9(5)19-10(11,12)13/h4H,2-3,14-15H2,1H3. The van der Waals surface area contributed by atoms with E-state index < -0.39 is 24.5 Å². The van der Waals surface area contributed by atoms with Crippen molar-refractivity contribution in [1.82, 2.24) is 4.98 Å². The van der Waals surface area contributed by atoms with Crippen molar-refractivity contribution in [2.24, 2.45) is 5.73 Å². The molecule has 0 fully saturated rings. The maximum absolute atomic E-state index is 12.3. The lowest BCUT2D eigenvalue weighted by atomic mass is 10.1. The number of esters is 1. The number of pyridine rings is 1. The molecule has 1 aromatic rings. The lowest BCUT2D eigenvalue weighted by molar-refractivity contribution is -0.274. The van der Waals surface area contributed by atoms with E-state index in [1.165, 1.54) is 0 Å². The van der Waals surface area contributed by atoms with E-state index in [-0.39, 0.29) is 23.5 Å². The normalized spacial score (nSPS) is 11.2. The summed E-state index contributed by atoms with van der Waals surface area (Å²) in [5.41, 5.74) is 10.4. The number of nitrogens with zero attached hydrogens (tertiary/aromatic N) is 1. The number of ether oxygens (including phenoxy) is 2. The van der Waals surface area contributed by atoms with Crippen molar-refractivity contribution >= 4 is 11.7 Å². The molecule has 0 aliphatic rings. The van der Waals surface area contributed by atoms with Gasteiger partial charge >= 0.3 is 12.3 Å². The van der Waals surface area contributed by atoms with E-state index in [1.54, 1.807) is 0 Å². The van der Waals surface area contributed by atoms with Gasteiger partial charge in [-0.25, -0.2) is 0 Å². The zero-order chi connectivity index (χ0) is 14.6. The fourth-order valence-electron chi connectivity index (χ4n) is 1.34. The van der Waals surface area contributed by atoms with Crippen LogP contribution in [0.2, 0.25) is 0 Å². The average molecular weight is 279 g/mol. The molecule has 106 valence electrons. The summed E-state index contributed by atoms with van der Waals surface area (Å²) in [6.07, 6.45) is -4.33. The summed E-state index contributed by atoms with van der Waals surface area (Å²) in [7, 11) is 1.11. The highest BCUT2D eigenvalue weighted by Gasteiger charge is 2.34. The molecule has 4 N–H and O–H groups in total. The Labute approximate surface area is 106 Å². The van der Waals surface area contributed by atoms with Gasteiger partial charge < -0.3 is 20.9 Å². The maximum Gasteiger partial charge on any atom is 0.573 e. The number of rotatable bonds is 4.